The highest BCUT2D eigenvalue weighted by molar-refractivity contribution is 5.70. The van der Waals surface area contributed by atoms with Crippen molar-refractivity contribution < 1.29 is 27.8 Å². The van der Waals surface area contributed by atoms with Gasteiger partial charge in [-0.2, -0.15) is 5.10 Å². The summed E-state index contributed by atoms with van der Waals surface area (Å²) in [6, 6.07) is 3.34. The molecular weight excluding hydrogens is 313 g/mol. The summed E-state index contributed by atoms with van der Waals surface area (Å²) in [5.74, 6) is -0.546. The van der Waals surface area contributed by atoms with Crippen molar-refractivity contribution in [2.45, 2.75) is 31.9 Å². The van der Waals surface area contributed by atoms with E-state index in [0.29, 0.717) is 12.2 Å². The largest absolute Gasteiger partial charge is 0.573 e. The Balaban J connectivity index is 1.86. The number of halogens is 3. The fourth-order valence-electron chi connectivity index (χ4n) is 2.51. The van der Waals surface area contributed by atoms with E-state index in [9.17, 15) is 18.3 Å². The van der Waals surface area contributed by atoms with Crippen LogP contribution in [0.1, 0.15) is 25.5 Å². The van der Waals surface area contributed by atoms with Crippen molar-refractivity contribution in [3.8, 4) is 22.6 Å². The summed E-state index contributed by atoms with van der Waals surface area (Å²) in [4.78, 5) is 0. The van der Waals surface area contributed by atoms with Crippen LogP contribution >= 0.6 is 0 Å². The minimum atomic E-state index is -4.78. The first-order chi connectivity index (χ1) is 10.9. The molecule has 1 aliphatic rings. The lowest BCUT2D eigenvalue weighted by Crippen LogP contribution is -2.18. The summed E-state index contributed by atoms with van der Waals surface area (Å²) in [5, 5.41) is 14.1. The lowest BCUT2D eigenvalue weighted by molar-refractivity contribution is -0.274. The highest BCUT2D eigenvalue weighted by Gasteiger charge is 2.31. The van der Waals surface area contributed by atoms with E-state index in [1.54, 1.807) is 10.9 Å². The van der Waals surface area contributed by atoms with Crippen LogP contribution in [0, 0.1) is 0 Å². The number of rotatable bonds is 3. The van der Waals surface area contributed by atoms with E-state index in [1.165, 1.54) is 6.20 Å². The number of aromatic hydroxyl groups is 1. The maximum atomic E-state index is 12.3. The van der Waals surface area contributed by atoms with Crippen molar-refractivity contribution in [1.29, 1.82) is 0 Å². The molecule has 5 nitrogen and oxygen atoms in total. The molecule has 124 valence electrons. The third kappa shape index (κ3) is 3.76. The van der Waals surface area contributed by atoms with Gasteiger partial charge >= 0.3 is 6.36 Å². The van der Waals surface area contributed by atoms with Crippen LogP contribution in [0.25, 0.3) is 11.1 Å². The molecule has 2 heterocycles. The van der Waals surface area contributed by atoms with Gasteiger partial charge in [-0.15, -0.1) is 13.2 Å². The van der Waals surface area contributed by atoms with Crippen LogP contribution in [0.5, 0.6) is 11.5 Å². The quantitative estimate of drug-likeness (QED) is 0.930. The fourth-order valence-corrected chi connectivity index (χ4v) is 2.51. The molecular formula is C15H15F3N2O3. The summed E-state index contributed by atoms with van der Waals surface area (Å²) in [6.45, 7) is 0.653. The Bertz CT molecular complexity index is 679. The van der Waals surface area contributed by atoms with Crippen LogP contribution in [-0.2, 0) is 4.74 Å². The predicted molar refractivity (Wildman–Crippen MR) is 74.9 cm³/mol. The highest BCUT2D eigenvalue weighted by Crippen LogP contribution is 2.35. The molecule has 1 aromatic heterocycles. The third-order valence-electron chi connectivity index (χ3n) is 3.56. The monoisotopic (exact) mass is 328 g/mol. The summed E-state index contributed by atoms with van der Waals surface area (Å²) >= 11 is 0. The molecule has 1 atom stereocenters. The number of nitrogens with zero attached hydrogens (tertiary/aromatic N) is 2. The fraction of sp³-hybridized carbons (Fsp3) is 0.400. The topological polar surface area (TPSA) is 56.5 Å². The van der Waals surface area contributed by atoms with E-state index in [-0.39, 0.29) is 17.5 Å². The number of ether oxygens (including phenoxy) is 2. The van der Waals surface area contributed by atoms with Gasteiger partial charge in [-0.05, 0) is 37.5 Å². The predicted octanol–water partition coefficient (Wildman–Crippen LogP) is 3.85. The van der Waals surface area contributed by atoms with Gasteiger partial charge in [-0.25, -0.2) is 4.68 Å². The smallest absolute Gasteiger partial charge is 0.507 e. The van der Waals surface area contributed by atoms with Gasteiger partial charge in [0.2, 0.25) is 0 Å². The van der Waals surface area contributed by atoms with Gasteiger partial charge < -0.3 is 14.6 Å². The molecule has 0 amide bonds. The Morgan fingerprint density at radius 2 is 2.13 bits per heavy atom. The Morgan fingerprint density at radius 1 is 1.30 bits per heavy atom. The maximum absolute atomic E-state index is 12.3. The minimum absolute atomic E-state index is 0.149. The molecule has 3 rings (SSSR count). The van der Waals surface area contributed by atoms with E-state index < -0.39 is 12.1 Å². The van der Waals surface area contributed by atoms with Crippen molar-refractivity contribution in [3.63, 3.8) is 0 Å². The SMILES string of the molecule is Oc1ccc(OC(F)(F)F)cc1-c1cnn(C2CCCCO2)c1. The molecule has 0 radical (unpaired) electrons. The standard InChI is InChI=1S/C15H15F3N2O3/c16-15(17,18)23-11-4-5-13(21)12(7-11)10-8-19-20(9-10)14-3-1-2-6-22-14/h4-5,7-9,14,21H,1-3,6H2. The van der Waals surface area contributed by atoms with Crippen LogP contribution in [0.15, 0.2) is 30.6 Å². The molecule has 0 aliphatic carbocycles. The average Bonchev–Trinajstić information content (AvgIpc) is 2.98. The Labute approximate surface area is 130 Å². The summed E-state index contributed by atoms with van der Waals surface area (Å²) in [6.07, 6.45) is 1.00. The number of aromatic nitrogens is 2. The second-order valence-electron chi connectivity index (χ2n) is 5.26. The second kappa shape index (κ2) is 6.11. The number of phenols is 1. The van der Waals surface area contributed by atoms with Crippen molar-refractivity contribution in [2.24, 2.45) is 0 Å². The van der Waals surface area contributed by atoms with Crippen molar-refractivity contribution in [1.82, 2.24) is 9.78 Å². The lowest BCUT2D eigenvalue weighted by atomic mass is 10.1. The maximum Gasteiger partial charge on any atom is 0.573 e. The average molecular weight is 328 g/mol. The Hall–Kier alpha value is -2.22. The second-order valence-corrected chi connectivity index (χ2v) is 5.26. The molecule has 1 fully saturated rings. The first-order valence-electron chi connectivity index (χ1n) is 7.17. The molecule has 0 spiro atoms. The lowest BCUT2D eigenvalue weighted by Gasteiger charge is -2.22. The molecule has 1 aliphatic heterocycles. The zero-order chi connectivity index (χ0) is 16.4. The van der Waals surface area contributed by atoms with Gasteiger partial charge in [0.1, 0.15) is 17.7 Å². The molecule has 2 aromatic rings. The van der Waals surface area contributed by atoms with Gasteiger partial charge in [-0.1, -0.05) is 0 Å². The first-order valence-corrected chi connectivity index (χ1v) is 7.17. The van der Waals surface area contributed by atoms with Crippen molar-refractivity contribution in [2.75, 3.05) is 6.61 Å². The van der Waals surface area contributed by atoms with Crippen molar-refractivity contribution in [3.05, 3.63) is 30.6 Å². The molecule has 1 aromatic carbocycles. The molecule has 1 unspecified atom stereocenters. The van der Waals surface area contributed by atoms with Crippen LogP contribution in [0.3, 0.4) is 0 Å². The molecule has 8 heteroatoms. The Kier molecular flexibility index (Phi) is 4.16. The van der Waals surface area contributed by atoms with Gasteiger partial charge in [-0.3, -0.25) is 0 Å². The molecule has 23 heavy (non-hydrogen) atoms. The van der Waals surface area contributed by atoms with Crippen molar-refractivity contribution >= 4 is 0 Å². The Morgan fingerprint density at radius 3 is 2.83 bits per heavy atom. The first kappa shape index (κ1) is 15.7. The number of phenolic OH excluding ortho intramolecular Hbond substituents is 1. The number of benzene rings is 1. The van der Waals surface area contributed by atoms with Gasteiger partial charge in [0, 0.05) is 23.9 Å². The summed E-state index contributed by atoms with van der Waals surface area (Å²) in [5.41, 5.74) is 0.707. The number of hydrogen-bond acceptors (Lipinski definition) is 4. The van der Waals surface area contributed by atoms with Crippen LogP contribution in [0.2, 0.25) is 0 Å². The number of alkyl halides is 3. The molecule has 0 bridgehead atoms. The van der Waals surface area contributed by atoms with Gasteiger partial charge in [0.05, 0.1) is 6.20 Å². The van der Waals surface area contributed by atoms with E-state index in [1.807, 2.05) is 0 Å². The minimum Gasteiger partial charge on any atom is -0.507 e. The van der Waals surface area contributed by atoms with Gasteiger partial charge in [0.25, 0.3) is 0 Å². The zero-order valence-corrected chi connectivity index (χ0v) is 12.1. The van der Waals surface area contributed by atoms with Gasteiger partial charge in [0.15, 0.2) is 0 Å². The van der Waals surface area contributed by atoms with Crippen LogP contribution < -0.4 is 4.74 Å². The third-order valence-corrected chi connectivity index (χ3v) is 3.56. The van der Waals surface area contributed by atoms with E-state index in [4.69, 9.17) is 4.74 Å². The molecule has 0 saturated carbocycles. The van der Waals surface area contributed by atoms with E-state index in [0.717, 1.165) is 37.5 Å². The highest BCUT2D eigenvalue weighted by atomic mass is 19.4. The zero-order valence-electron chi connectivity index (χ0n) is 12.1. The van der Waals surface area contributed by atoms with Crippen LogP contribution in [0.4, 0.5) is 13.2 Å². The molecule has 1 saturated heterocycles. The van der Waals surface area contributed by atoms with Crippen LogP contribution in [-0.4, -0.2) is 27.9 Å². The molecule has 1 N–H and O–H groups in total. The normalized spacial score (nSPS) is 18.8. The summed E-state index contributed by atoms with van der Waals surface area (Å²) in [7, 11) is 0. The van der Waals surface area contributed by atoms with E-state index in [2.05, 4.69) is 9.84 Å². The van der Waals surface area contributed by atoms with E-state index >= 15 is 0 Å². The summed E-state index contributed by atoms with van der Waals surface area (Å²) < 4.78 is 48.0. The number of hydrogen-bond donors (Lipinski definition) is 1.